The highest BCUT2D eigenvalue weighted by Gasteiger charge is 2.20. The van der Waals surface area contributed by atoms with Crippen LogP contribution in [0.15, 0.2) is 4.79 Å². The number of aliphatic carboxylic acids is 1. The van der Waals surface area contributed by atoms with Gasteiger partial charge in [0.25, 0.3) is 0 Å². The second-order valence-corrected chi connectivity index (χ2v) is 5.47. The second kappa shape index (κ2) is 7.01. The molecule has 21 heavy (non-hydrogen) atoms. The van der Waals surface area contributed by atoms with Gasteiger partial charge >= 0.3 is 11.7 Å². The molecule has 2 N–H and O–H groups in total. The summed E-state index contributed by atoms with van der Waals surface area (Å²) in [5, 5.41) is 8.90. The fraction of sp³-hybridized carbons (Fsp3) is 0.571. The number of carboxylic acids is 1. The number of hydrogen-bond acceptors (Lipinski definition) is 4. The lowest BCUT2D eigenvalue weighted by Gasteiger charge is -2.23. The first-order chi connectivity index (χ1) is 9.70. The van der Waals surface area contributed by atoms with Gasteiger partial charge in [-0.2, -0.15) is 4.98 Å². The molecule has 0 aliphatic carbocycles. The molecule has 1 aromatic rings. The van der Waals surface area contributed by atoms with Crippen molar-refractivity contribution in [2.24, 2.45) is 5.92 Å². The van der Waals surface area contributed by atoms with E-state index in [2.05, 4.69) is 9.97 Å². The van der Waals surface area contributed by atoms with Gasteiger partial charge in [-0.1, -0.05) is 13.8 Å². The smallest absolute Gasteiger partial charge is 0.345 e. The van der Waals surface area contributed by atoms with Gasteiger partial charge < -0.3 is 15.0 Å². The first-order valence-electron chi connectivity index (χ1n) is 6.76. The van der Waals surface area contributed by atoms with Gasteiger partial charge in [-0.05, 0) is 19.8 Å². The lowest BCUT2D eigenvalue weighted by molar-refractivity contribution is -0.144. The second-order valence-electron chi connectivity index (χ2n) is 5.47. The molecule has 1 rings (SSSR count). The Balaban J connectivity index is 2.96. The van der Waals surface area contributed by atoms with Gasteiger partial charge in [-0.15, -0.1) is 0 Å². The van der Waals surface area contributed by atoms with Crippen molar-refractivity contribution in [3.63, 3.8) is 0 Å². The summed E-state index contributed by atoms with van der Waals surface area (Å²) in [5.74, 6) is -1.16. The monoisotopic (exact) mass is 295 g/mol. The summed E-state index contributed by atoms with van der Waals surface area (Å²) >= 11 is 0. The Morgan fingerprint density at radius 3 is 2.43 bits per heavy atom. The predicted octanol–water partition coefficient (Wildman–Crippen LogP) is 0.498. The maximum Gasteiger partial charge on any atom is 0.345 e. The van der Waals surface area contributed by atoms with Crippen LogP contribution < -0.4 is 5.69 Å². The molecule has 1 heterocycles. The maximum absolute atomic E-state index is 12.3. The van der Waals surface area contributed by atoms with Crippen molar-refractivity contribution in [1.29, 1.82) is 0 Å². The van der Waals surface area contributed by atoms with Gasteiger partial charge in [0, 0.05) is 23.5 Å². The van der Waals surface area contributed by atoms with Gasteiger partial charge in [0.05, 0.1) is 6.42 Å². The van der Waals surface area contributed by atoms with E-state index in [1.807, 2.05) is 13.8 Å². The number of carbonyl (C=O) groups excluding carboxylic acids is 1. The first kappa shape index (κ1) is 16.9. The van der Waals surface area contributed by atoms with Crippen molar-refractivity contribution in [2.45, 2.75) is 34.1 Å². The third kappa shape index (κ3) is 5.02. The summed E-state index contributed by atoms with van der Waals surface area (Å²) in [6, 6.07) is 0. The number of aromatic nitrogens is 2. The van der Waals surface area contributed by atoms with E-state index >= 15 is 0 Å². The van der Waals surface area contributed by atoms with E-state index in [0.717, 1.165) is 0 Å². The van der Waals surface area contributed by atoms with Crippen LogP contribution in [0, 0.1) is 19.8 Å². The fourth-order valence-corrected chi connectivity index (χ4v) is 2.14. The molecule has 116 valence electrons. The normalized spacial score (nSPS) is 10.7. The Labute approximate surface area is 123 Å². The quantitative estimate of drug-likeness (QED) is 0.795. The molecule has 0 saturated heterocycles. The van der Waals surface area contributed by atoms with E-state index in [9.17, 15) is 14.4 Å². The molecule has 7 heteroatoms. The van der Waals surface area contributed by atoms with Gasteiger partial charge in [0.1, 0.15) is 6.54 Å². The van der Waals surface area contributed by atoms with Crippen LogP contribution in [0.1, 0.15) is 30.8 Å². The van der Waals surface area contributed by atoms with Crippen molar-refractivity contribution in [1.82, 2.24) is 14.9 Å². The molecule has 0 aromatic carbocycles. The van der Waals surface area contributed by atoms with Crippen molar-refractivity contribution in [3.05, 3.63) is 27.4 Å². The number of aromatic amines is 1. The Kier molecular flexibility index (Phi) is 5.63. The van der Waals surface area contributed by atoms with Crippen LogP contribution in [0.2, 0.25) is 0 Å². The van der Waals surface area contributed by atoms with Gasteiger partial charge in [0.2, 0.25) is 5.91 Å². The van der Waals surface area contributed by atoms with Crippen molar-refractivity contribution in [2.75, 3.05) is 13.1 Å². The Morgan fingerprint density at radius 1 is 1.33 bits per heavy atom. The van der Waals surface area contributed by atoms with E-state index in [4.69, 9.17) is 5.11 Å². The van der Waals surface area contributed by atoms with Gasteiger partial charge in [0.15, 0.2) is 0 Å². The van der Waals surface area contributed by atoms with E-state index in [1.54, 1.807) is 13.8 Å². The van der Waals surface area contributed by atoms with Gasteiger partial charge in [-0.25, -0.2) is 4.79 Å². The van der Waals surface area contributed by atoms with Crippen molar-refractivity contribution in [3.8, 4) is 0 Å². The lowest BCUT2D eigenvalue weighted by Crippen LogP contribution is -2.39. The van der Waals surface area contributed by atoms with Crippen LogP contribution in [0.5, 0.6) is 0 Å². The molecule has 0 spiro atoms. The highest BCUT2D eigenvalue weighted by atomic mass is 16.4. The molecule has 0 bridgehead atoms. The minimum Gasteiger partial charge on any atom is -0.480 e. The molecular weight excluding hydrogens is 274 g/mol. The third-order valence-electron chi connectivity index (χ3n) is 3.05. The summed E-state index contributed by atoms with van der Waals surface area (Å²) < 4.78 is 0. The standard InChI is InChI=1S/C14H21N3O4/c1-8(2)6-17(7-13(19)20)12(18)5-11-9(3)15-14(21)16-10(11)4/h8H,5-7H2,1-4H3,(H,19,20)(H,15,16,21). The maximum atomic E-state index is 12.3. The number of rotatable bonds is 6. The highest BCUT2D eigenvalue weighted by molar-refractivity contribution is 5.83. The molecule has 0 aliphatic heterocycles. The molecule has 0 radical (unpaired) electrons. The molecule has 0 aliphatic rings. The van der Waals surface area contributed by atoms with Crippen LogP contribution in [0.25, 0.3) is 0 Å². The minimum absolute atomic E-state index is 0.0292. The topological polar surface area (TPSA) is 103 Å². The van der Waals surface area contributed by atoms with Crippen molar-refractivity contribution >= 4 is 11.9 Å². The summed E-state index contributed by atoms with van der Waals surface area (Å²) in [5.41, 5.74) is 1.26. The van der Waals surface area contributed by atoms with Crippen LogP contribution in [0.3, 0.4) is 0 Å². The molecule has 1 aromatic heterocycles. The number of carbonyl (C=O) groups is 2. The Morgan fingerprint density at radius 2 is 1.95 bits per heavy atom. The number of hydrogen-bond donors (Lipinski definition) is 2. The number of nitrogens with one attached hydrogen (secondary N) is 1. The first-order valence-corrected chi connectivity index (χ1v) is 6.76. The number of amides is 1. The predicted molar refractivity (Wildman–Crippen MR) is 77.1 cm³/mol. The highest BCUT2D eigenvalue weighted by Crippen LogP contribution is 2.10. The van der Waals surface area contributed by atoms with Crippen LogP contribution in [-0.2, 0) is 16.0 Å². The van der Waals surface area contributed by atoms with E-state index < -0.39 is 11.7 Å². The molecular formula is C14H21N3O4. The van der Waals surface area contributed by atoms with E-state index in [-0.39, 0.29) is 24.8 Å². The number of aryl methyl sites for hydroxylation is 2. The molecule has 0 atom stereocenters. The number of H-pyrrole nitrogens is 1. The molecule has 7 nitrogen and oxygen atoms in total. The average Bonchev–Trinajstić information content (AvgIpc) is 2.31. The van der Waals surface area contributed by atoms with Crippen LogP contribution in [-0.4, -0.2) is 44.9 Å². The summed E-state index contributed by atoms with van der Waals surface area (Å²) in [7, 11) is 0. The Hall–Kier alpha value is -2.18. The molecule has 1 amide bonds. The molecule has 0 unspecified atom stereocenters. The average molecular weight is 295 g/mol. The molecule has 0 saturated carbocycles. The van der Waals surface area contributed by atoms with E-state index in [0.29, 0.717) is 23.5 Å². The summed E-state index contributed by atoms with van der Waals surface area (Å²) in [6.45, 7) is 7.24. The summed E-state index contributed by atoms with van der Waals surface area (Å²) in [6.07, 6.45) is 0.0292. The zero-order chi connectivity index (χ0) is 16.2. The van der Waals surface area contributed by atoms with Gasteiger partial charge in [-0.3, -0.25) is 9.59 Å². The number of carboxylic acid groups (broad SMARTS) is 1. The largest absolute Gasteiger partial charge is 0.480 e. The lowest BCUT2D eigenvalue weighted by atomic mass is 10.1. The number of nitrogens with zero attached hydrogens (tertiary/aromatic N) is 2. The minimum atomic E-state index is -1.04. The third-order valence-corrected chi connectivity index (χ3v) is 3.05. The van der Waals surface area contributed by atoms with Crippen LogP contribution >= 0.6 is 0 Å². The van der Waals surface area contributed by atoms with E-state index in [1.165, 1.54) is 4.90 Å². The Bertz CT molecular complexity index is 566. The molecule has 0 fully saturated rings. The van der Waals surface area contributed by atoms with Crippen LogP contribution in [0.4, 0.5) is 0 Å². The SMILES string of the molecule is Cc1nc(=O)[nH]c(C)c1CC(=O)N(CC(=O)O)CC(C)C. The van der Waals surface area contributed by atoms with Crippen molar-refractivity contribution < 1.29 is 14.7 Å². The summed E-state index contributed by atoms with van der Waals surface area (Å²) in [4.78, 5) is 42.1. The zero-order valence-electron chi connectivity index (χ0n) is 12.8. The zero-order valence-corrected chi connectivity index (χ0v) is 12.8. The fourth-order valence-electron chi connectivity index (χ4n) is 2.14.